The van der Waals surface area contributed by atoms with Gasteiger partial charge in [0, 0.05) is 30.2 Å². The molecule has 0 amide bonds. The maximum Gasteiger partial charge on any atom is 0.313 e. The van der Waals surface area contributed by atoms with Crippen LogP contribution in [-0.4, -0.2) is 19.4 Å². The Balaban J connectivity index is 1.93. The molecule has 4 nitrogen and oxygen atoms in total. The molecule has 0 aliphatic carbocycles. The fourth-order valence-electron chi connectivity index (χ4n) is 3.43. The quantitative estimate of drug-likeness (QED) is 0.343. The molecule has 154 valence electrons. The van der Waals surface area contributed by atoms with Crippen LogP contribution in [0.1, 0.15) is 29.0 Å². The molecule has 0 radical (unpaired) electrons. The van der Waals surface area contributed by atoms with Crippen LogP contribution in [0.25, 0.3) is 0 Å². The van der Waals surface area contributed by atoms with Crippen molar-refractivity contribution < 1.29 is 14.3 Å². The lowest BCUT2D eigenvalue weighted by Gasteiger charge is -2.26. The fourth-order valence-corrected chi connectivity index (χ4v) is 3.74. The molecule has 0 saturated carbocycles. The van der Waals surface area contributed by atoms with Crippen molar-refractivity contribution in [2.24, 2.45) is 0 Å². The van der Waals surface area contributed by atoms with Crippen LogP contribution >= 0.6 is 11.6 Å². The van der Waals surface area contributed by atoms with Crippen LogP contribution in [0.15, 0.2) is 78.9 Å². The van der Waals surface area contributed by atoms with Crippen molar-refractivity contribution in [3.8, 4) is 0 Å². The van der Waals surface area contributed by atoms with Crippen molar-refractivity contribution in [1.29, 1.82) is 0 Å². The Kier molecular flexibility index (Phi) is 7.63. The van der Waals surface area contributed by atoms with E-state index in [0.717, 1.165) is 5.69 Å². The van der Waals surface area contributed by atoms with E-state index in [-0.39, 0.29) is 6.42 Å². The summed E-state index contributed by atoms with van der Waals surface area (Å²) < 4.78 is 4.84. The number of anilines is 1. The van der Waals surface area contributed by atoms with Gasteiger partial charge in [-0.15, -0.1) is 0 Å². The summed E-state index contributed by atoms with van der Waals surface area (Å²) in [7, 11) is 1.31. The first-order valence-corrected chi connectivity index (χ1v) is 10.1. The summed E-state index contributed by atoms with van der Waals surface area (Å²) in [5.74, 6) is -1.17. The van der Waals surface area contributed by atoms with Crippen molar-refractivity contribution >= 4 is 29.5 Å². The van der Waals surface area contributed by atoms with E-state index in [0.29, 0.717) is 30.0 Å². The lowest BCUT2D eigenvalue weighted by atomic mass is 9.96. The highest BCUT2D eigenvalue weighted by Crippen LogP contribution is 2.32. The molecule has 1 atom stereocenters. The smallest absolute Gasteiger partial charge is 0.313 e. The van der Waals surface area contributed by atoms with Crippen LogP contribution in [-0.2, 0) is 27.4 Å². The molecule has 0 fully saturated rings. The van der Waals surface area contributed by atoms with Gasteiger partial charge in [0.15, 0.2) is 0 Å². The van der Waals surface area contributed by atoms with Crippen molar-refractivity contribution in [1.82, 2.24) is 0 Å². The Labute approximate surface area is 182 Å². The highest BCUT2D eigenvalue weighted by atomic mass is 35.5. The van der Waals surface area contributed by atoms with Gasteiger partial charge in [-0.2, -0.15) is 0 Å². The number of hydrogen-bond donors (Lipinski definition) is 0. The summed E-state index contributed by atoms with van der Waals surface area (Å²) in [5, 5.41) is 0.441. The van der Waals surface area contributed by atoms with Crippen molar-refractivity contribution in [2.45, 2.75) is 25.4 Å². The molecular formula is C25H24ClNO3. The van der Waals surface area contributed by atoms with Crippen molar-refractivity contribution in [2.75, 3.05) is 12.0 Å². The number of benzene rings is 3. The molecule has 0 heterocycles. The second-order valence-corrected chi connectivity index (χ2v) is 7.42. The number of carbonyl (C=O) groups is 2. The molecule has 0 aliphatic heterocycles. The SMILES string of the molecule is COC(=O)[C@H](CC=O)c1ccc(N(Cc2ccccc2)Cc2ccccc2)cc1Cl. The topological polar surface area (TPSA) is 46.6 Å². The second kappa shape index (κ2) is 10.6. The van der Waals surface area contributed by atoms with Crippen LogP contribution < -0.4 is 4.90 Å². The zero-order valence-electron chi connectivity index (χ0n) is 16.8. The number of halogens is 1. The third kappa shape index (κ3) is 5.49. The Hall–Kier alpha value is -3.11. The Morgan fingerprint density at radius 1 is 0.967 bits per heavy atom. The van der Waals surface area contributed by atoms with Gasteiger partial charge in [-0.3, -0.25) is 4.79 Å². The molecule has 0 saturated heterocycles. The summed E-state index contributed by atoms with van der Waals surface area (Å²) >= 11 is 6.56. The standard InChI is InChI=1S/C25H24ClNO3/c1-30-25(29)23(14-15-28)22-13-12-21(16-24(22)26)27(17-19-8-4-2-5-9-19)18-20-10-6-3-7-11-20/h2-13,15-16,23H,14,17-18H2,1H3/t23-/m1/s1. The van der Waals surface area contributed by atoms with Gasteiger partial charge in [-0.05, 0) is 28.8 Å². The minimum Gasteiger partial charge on any atom is -0.469 e. The number of ether oxygens (including phenoxy) is 1. The molecule has 0 aliphatic rings. The van der Waals surface area contributed by atoms with Crippen LogP contribution in [0.2, 0.25) is 5.02 Å². The Morgan fingerprint density at radius 3 is 2.00 bits per heavy atom. The van der Waals surface area contributed by atoms with Gasteiger partial charge in [0.25, 0.3) is 0 Å². The van der Waals surface area contributed by atoms with E-state index in [9.17, 15) is 9.59 Å². The lowest BCUT2D eigenvalue weighted by molar-refractivity contribution is -0.143. The number of aldehydes is 1. The molecular weight excluding hydrogens is 398 g/mol. The van der Waals surface area contributed by atoms with Crippen LogP contribution in [0.4, 0.5) is 5.69 Å². The number of rotatable bonds is 9. The zero-order chi connectivity index (χ0) is 21.3. The third-order valence-corrected chi connectivity index (χ3v) is 5.30. The van der Waals surface area contributed by atoms with E-state index in [2.05, 4.69) is 29.2 Å². The van der Waals surface area contributed by atoms with E-state index in [4.69, 9.17) is 16.3 Å². The summed E-state index contributed by atoms with van der Waals surface area (Å²) in [5.41, 5.74) is 3.90. The maximum absolute atomic E-state index is 12.1. The molecule has 3 rings (SSSR count). The highest BCUT2D eigenvalue weighted by molar-refractivity contribution is 6.32. The van der Waals surface area contributed by atoms with E-state index < -0.39 is 11.9 Å². The second-order valence-electron chi connectivity index (χ2n) is 7.01. The van der Waals surface area contributed by atoms with Crippen molar-refractivity contribution in [3.63, 3.8) is 0 Å². The monoisotopic (exact) mass is 421 g/mol. The molecule has 0 N–H and O–H groups in total. The summed E-state index contributed by atoms with van der Waals surface area (Å²) in [6, 6.07) is 26.0. The summed E-state index contributed by atoms with van der Waals surface area (Å²) in [6.07, 6.45) is 0.742. The first kappa shape index (κ1) is 21.6. The molecule has 0 unspecified atom stereocenters. The largest absolute Gasteiger partial charge is 0.469 e. The Morgan fingerprint density at radius 2 is 1.53 bits per heavy atom. The average Bonchev–Trinajstić information content (AvgIpc) is 2.78. The zero-order valence-corrected chi connectivity index (χ0v) is 17.6. The van der Waals surface area contributed by atoms with Gasteiger partial charge in [0.1, 0.15) is 6.29 Å². The number of nitrogens with zero attached hydrogens (tertiary/aromatic N) is 1. The Bertz CT molecular complexity index is 935. The minimum atomic E-state index is -0.703. The maximum atomic E-state index is 12.1. The van der Waals surface area contributed by atoms with E-state index in [1.807, 2.05) is 54.6 Å². The molecule has 5 heteroatoms. The van der Waals surface area contributed by atoms with Crippen molar-refractivity contribution in [3.05, 3.63) is 101 Å². The molecule has 3 aromatic carbocycles. The van der Waals surface area contributed by atoms with Gasteiger partial charge >= 0.3 is 5.97 Å². The van der Waals surface area contributed by atoms with Gasteiger partial charge in [-0.25, -0.2) is 0 Å². The van der Waals surface area contributed by atoms with E-state index in [1.165, 1.54) is 18.2 Å². The van der Waals surface area contributed by atoms with Crippen LogP contribution in [0.3, 0.4) is 0 Å². The summed E-state index contributed by atoms with van der Waals surface area (Å²) in [4.78, 5) is 25.4. The highest BCUT2D eigenvalue weighted by Gasteiger charge is 2.24. The minimum absolute atomic E-state index is 0.0312. The number of esters is 1. The first-order chi connectivity index (χ1) is 14.6. The fraction of sp³-hybridized carbons (Fsp3) is 0.200. The normalized spacial score (nSPS) is 11.5. The molecule has 0 aromatic heterocycles. The predicted octanol–water partition coefficient (Wildman–Crippen LogP) is 5.39. The number of carbonyl (C=O) groups excluding carboxylic acids is 2. The van der Waals surface area contributed by atoms with E-state index >= 15 is 0 Å². The van der Waals surface area contributed by atoms with Gasteiger partial charge < -0.3 is 14.4 Å². The van der Waals surface area contributed by atoms with Crippen LogP contribution in [0, 0.1) is 0 Å². The number of methoxy groups -OCH3 is 1. The third-order valence-electron chi connectivity index (χ3n) is 4.97. The molecule has 0 spiro atoms. The van der Waals surface area contributed by atoms with Gasteiger partial charge in [0.2, 0.25) is 0 Å². The van der Waals surface area contributed by atoms with Crippen LogP contribution in [0.5, 0.6) is 0 Å². The van der Waals surface area contributed by atoms with Gasteiger partial charge in [0.05, 0.1) is 13.0 Å². The van der Waals surface area contributed by atoms with Gasteiger partial charge in [-0.1, -0.05) is 78.3 Å². The molecule has 0 bridgehead atoms. The summed E-state index contributed by atoms with van der Waals surface area (Å²) in [6.45, 7) is 1.42. The predicted molar refractivity (Wildman–Crippen MR) is 120 cm³/mol. The molecule has 3 aromatic rings. The first-order valence-electron chi connectivity index (χ1n) is 9.76. The average molecular weight is 422 g/mol. The van der Waals surface area contributed by atoms with E-state index in [1.54, 1.807) is 0 Å². The lowest BCUT2D eigenvalue weighted by Crippen LogP contribution is -2.22. The molecule has 30 heavy (non-hydrogen) atoms. The number of hydrogen-bond acceptors (Lipinski definition) is 4.